The molecule has 34 heavy (non-hydrogen) atoms. The molecule has 0 saturated carbocycles. The number of aromatic nitrogens is 2. The van der Waals surface area contributed by atoms with E-state index in [9.17, 15) is 10.1 Å². The van der Waals surface area contributed by atoms with Gasteiger partial charge in [0.25, 0.3) is 5.69 Å². The Labute approximate surface area is 198 Å². The molecule has 0 bridgehead atoms. The standard InChI is InChI=1S/C24H30N6O4/c1-3-25-21-13-20-19(12-22(21)30(31)32)24(28-16-27-20)26-14-18-6-4-5-7-23(18)34-17(2)15-29-8-10-33-11-9-29/h4-7,12-13,16-17,25H,3,8-11,14-15H2,1-2H3,(H,26,27,28). The Morgan fingerprint density at radius 3 is 2.76 bits per heavy atom. The number of nitrogens with zero attached hydrogens (tertiary/aromatic N) is 4. The Bertz CT molecular complexity index is 1140. The molecule has 10 nitrogen and oxygen atoms in total. The lowest BCUT2D eigenvalue weighted by Gasteiger charge is -2.29. The molecule has 0 aliphatic carbocycles. The molecule has 10 heteroatoms. The predicted molar refractivity (Wildman–Crippen MR) is 131 cm³/mol. The predicted octanol–water partition coefficient (Wildman–Crippen LogP) is 3.68. The molecule has 2 heterocycles. The zero-order valence-corrected chi connectivity index (χ0v) is 19.5. The number of fused-ring (bicyclic) bond motifs is 1. The minimum Gasteiger partial charge on any atom is -0.489 e. The van der Waals surface area contributed by atoms with E-state index < -0.39 is 4.92 Å². The van der Waals surface area contributed by atoms with Crippen LogP contribution in [0.4, 0.5) is 17.2 Å². The molecule has 0 amide bonds. The van der Waals surface area contributed by atoms with Crippen molar-refractivity contribution in [2.24, 2.45) is 0 Å². The van der Waals surface area contributed by atoms with E-state index in [4.69, 9.17) is 9.47 Å². The van der Waals surface area contributed by atoms with Crippen molar-refractivity contribution in [1.82, 2.24) is 14.9 Å². The molecule has 3 aromatic rings. The molecule has 2 N–H and O–H groups in total. The van der Waals surface area contributed by atoms with Crippen molar-refractivity contribution in [1.29, 1.82) is 0 Å². The van der Waals surface area contributed by atoms with E-state index in [1.54, 1.807) is 6.07 Å². The molecule has 1 saturated heterocycles. The molecule has 180 valence electrons. The third-order valence-electron chi connectivity index (χ3n) is 5.68. The smallest absolute Gasteiger partial charge is 0.293 e. The quantitative estimate of drug-likeness (QED) is 0.341. The van der Waals surface area contributed by atoms with Crippen LogP contribution in [0.15, 0.2) is 42.7 Å². The average Bonchev–Trinajstić information content (AvgIpc) is 2.83. The van der Waals surface area contributed by atoms with E-state index >= 15 is 0 Å². The highest BCUT2D eigenvalue weighted by Gasteiger charge is 2.18. The number of morpholine rings is 1. The number of nitro groups is 1. The van der Waals surface area contributed by atoms with Crippen LogP contribution in [0.2, 0.25) is 0 Å². The Morgan fingerprint density at radius 2 is 2.00 bits per heavy atom. The van der Waals surface area contributed by atoms with Gasteiger partial charge in [0.15, 0.2) is 0 Å². The zero-order valence-electron chi connectivity index (χ0n) is 19.5. The van der Waals surface area contributed by atoms with Crippen molar-refractivity contribution in [3.05, 3.63) is 58.4 Å². The summed E-state index contributed by atoms with van der Waals surface area (Å²) in [7, 11) is 0. The number of para-hydroxylation sites is 1. The van der Waals surface area contributed by atoms with Gasteiger partial charge in [-0.25, -0.2) is 9.97 Å². The highest BCUT2D eigenvalue weighted by molar-refractivity contribution is 5.94. The largest absolute Gasteiger partial charge is 0.489 e. The number of nitrogens with one attached hydrogen (secondary N) is 2. The SMILES string of the molecule is CCNc1cc2ncnc(NCc3ccccc3OC(C)CN3CCOCC3)c2cc1[N+](=O)[O-]. The minimum atomic E-state index is -0.396. The summed E-state index contributed by atoms with van der Waals surface area (Å²) in [6.07, 6.45) is 1.48. The van der Waals surface area contributed by atoms with E-state index in [0.717, 1.165) is 44.2 Å². The van der Waals surface area contributed by atoms with Crippen LogP contribution in [0.25, 0.3) is 10.9 Å². The topological polar surface area (TPSA) is 115 Å². The number of nitro benzene ring substituents is 1. The van der Waals surface area contributed by atoms with E-state index in [1.807, 2.05) is 31.2 Å². The maximum atomic E-state index is 11.6. The van der Waals surface area contributed by atoms with Crippen LogP contribution in [-0.2, 0) is 11.3 Å². The molecule has 1 aliphatic heterocycles. The molecule has 4 rings (SSSR count). The first-order valence-electron chi connectivity index (χ1n) is 11.5. The average molecular weight is 467 g/mol. The van der Waals surface area contributed by atoms with E-state index in [0.29, 0.717) is 35.5 Å². The highest BCUT2D eigenvalue weighted by Crippen LogP contribution is 2.32. The molecule has 1 aliphatic rings. The number of rotatable bonds is 10. The van der Waals surface area contributed by atoms with Gasteiger partial charge in [0, 0.05) is 49.7 Å². The summed E-state index contributed by atoms with van der Waals surface area (Å²) >= 11 is 0. The van der Waals surface area contributed by atoms with Gasteiger partial charge in [0.1, 0.15) is 29.7 Å². The van der Waals surface area contributed by atoms with Crippen LogP contribution >= 0.6 is 0 Å². The second kappa shape index (κ2) is 11.1. The molecular weight excluding hydrogens is 436 g/mol. The number of anilines is 2. The zero-order chi connectivity index (χ0) is 23.9. The van der Waals surface area contributed by atoms with E-state index in [1.165, 1.54) is 12.4 Å². The number of ether oxygens (including phenoxy) is 2. The fourth-order valence-electron chi connectivity index (χ4n) is 4.06. The third kappa shape index (κ3) is 5.70. The van der Waals surface area contributed by atoms with Crippen molar-refractivity contribution < 1.29 is 14.4 Å². The van der Waals surface area contributed by atoms with Gasteiger partial charge in [-0.2, -0.15) is 0 Å². The summed E-state index contributed by atoms with van der Waals surface area (Å²) in [6, 6.07) is 11.1. The van der Waals surface area contributed by atoms with Crippen LogP contribution in [0.5, 0.6) is 5.75 Å². The number of benzene rings is 2. The fourth-order valence-corrected chi connectivity index (χ4v) is 4.06. The lowest BCUT2D eigenvalue weighted by Crippen LogP contribution is -2.41. The monoisotopic (exact) mass is 466 g/mol. The van der Waals surface area contributed by atoms with Crippen LogP contribution in [-0.4, -0.2) is 65.3 Å². The van der Waals surface area contributed by atoms with Gasteiger partial charge in [0.2, 0.25) is 0 Å². The Morgan fingerprint density at radius 1 is 1.21 bits per heavy atom. The molecule has 2 aromatic carbocycles. The van der Waals surface area contributed by atoms with Crippen molar-refractivity contribution >= 4 is 28.1 Å². The van der Waals surface area contributed by atoms with Crippen LogP contribution in [0.3, 0.4) is 0 Å². The second-order valence-corrected chi connectivity index (χ2v) is 8.20. The normalized spacial score (nSPS) is 15.1. The van der Waals surface area contributed by atoms with E-state index in [-0.39, 0.29) is 11.8 Å². The molecule has 0 radical (unpaired) electrons. The van der Waals surface area contributed by atoms with Gasteiger partial charge in [0.05, 0.1) is 23.7 Å². The lowest BCUT2D eigenvalue weighted by molar-refractivity contribution is -0.383. The highest BCUT2D eigenvalue weighted by atomic mass is 16.6. The number of hydrogen-bond donors (Lipinski definition) is 2. The van der Waals surface area contributed by atoms with Gasteiger partial charge in [-0.1, -0.05) is 18.2 Å². The summed E-state index contributed by atoms with van der Waals surface area (Å²) in [5.74, 6) is 1.34. The molecule has 0 spiro atoms. The van der Waals surface area contributed by atoms with Crippen molar-refractivity contribution in [3.8, 4) is 5.75 Å². The van der Waals surface area contributed by atoms with Gasteiger partial charge >= 0.3 is 0 Å². The maximum absolute atomic E-state index is 11.6. The third-order valence-corrected chi connectivity index (χ3v) is 5.68. The first kappa shape index (κ1) is 23.7. The van der Waals surface area contributed by atoms with Gasteiger partial charge < -0.3 is 20.1 Å². The Kier molecular flexibility index (Phi) is 7.71. The molecule has 1 unspecified atom stereocenters. The Balaban J connectivity index is 1.50. The maximum Gasteiger partial charge on any atom is 0.293 e. The molecule has 1 atom stereocenters. The van der Waals surface area contributed by atoms with Gasteiger partial charge in [-0.05, 0) is 26.0 Å². The first-order chi connectivity index (χ1) is 16.5. The van der Waals surface area contributed by atoms with Gasteiger partial charge in [-0.3, -0.25) is 15.0 Å². The summed E-state index contributed by atoms with van der Waals surface area (Å²) in [5.41, 5.74) is 2.04. The van der Waals surface area contributed by atoms with E-state index in [2.05, 4.69) is 32.4 Å². The second-order valence-electron chi connectivity index (χ2n) is 8.20. The minimum absolute atomic E-state index is 0.00660. The number of hydrogen-bond acceptors (Lipinski definition) is 9. The first-order valence-corrected chi connectivity index (χ1v) is 11.5. The summed E-state index contributed by atoms with van der Waals surface area (Å²) in [6.45, 7) is 9.17. The molecule has 1 aromatic heterocycles. The van der Waals surface area contributed by atoms with Crippen molar-refractivity contribution in [3.63, 3.8) is 0 Å². The molecule has 1 fully saturated rings. The summed E-state index contributed by atoms with van der Waals surface area (Å²) in [5, 5.41) is 18.5. The van der Waals surface area contributed by atoms with Crippen molar-refractivity contribution in [2.75, 3.05) is 50.0 Å². The summed E-state index contributed by atoms with van der Waals surface area (Å²) in [4.78, 5) is 22.2. The van der Waals surface area contributed by atoms with Crippen LogP contribution < -0.4 is 15.4 Å². The summed E-state index contributed by atoms with van der Waals surface area (Å²) < 4.78 is 11.7. The lowest BCUT2D eigenvalue weighted by atomic mass is 10.1. The van der Waals surface area contributed by atoms with Gasteiger partial charge in [-0.15, -0.1) is 0 Å². The van der Waals surface area contributed by atoms with Crippen molar-refractivity contribution in [2.45, 2.75) is 26.5 Å². The fraction of sp³-hybridized carbons (Fsp3) is 0.417. The van der Waals surface area contributed by atoms with Crippen LogP contribution in [0, 0.1) is 10.1 Å². The Hall–Kier alpha value is -3.50. The van der Waals surface area contributed by atoms with Crippen LogP contribution in [0.1, 0.15) is 19.4 Å². The molecular formula is C24H30N6O4.